The summed E-state index contributed by atoms with van der Waals surface area (Å²) in [6.45, 7) is 2.50. The number of H-pyrrole nitrogens is 1. The van der Waals surface area contributed by atoms with Gasteiger partial charge in [0.2, 0.25) is 4.77 Å². The van der Waals surface area contributed by atoms with Crippen molar-refractivity contribution >= 4 is 34.4 Å². The number of rotatable bonds is 8. The molecular formula is C20H21BrN4O2S. The Morgan fingerprint density at radius 1 is 1.25 bits per heavy atom. The van der Waals surface area contributed by atoms with Gasteiger partial charge in [-0.15, -0.1) is 0 Å². The first-order valence-corrected chi connectivity index (χ1v) is 10.1. The van der Waals surface area contributed by atoms with Crippen LogP contribution in [0.5, 0.6) is 11.5 Å². The quantitative estimate of drug-likeness (QED) is 0.373. The molecule has 0 aliphatic carbocycles. The number of nitrogens with one attached hydrogen (secondary N) is 1. The second-order valence-electron chi connectivity index (χ2n) is 6.05. The lowest BCUT2D eigenvalue weighted by atomic mass is 10.2. The molecule has 0 aliphatic heterocycles. The summed E-state index contributed by atoms with van der Waals surface area (Å²) in [5.74, 6) is 2.07. The standard InChI is InChI=1S/C20H21BrN4O2S/c1-3-5-18-23-24-20(28)25(18)22-12-15-6-4-7-17(26-2)19(15)27-13-14-8-10-16(21)11-9-14/h4,6-12H,3,5,13H2,1-2H3,(H,24,28)/b22-12+. The summed E-state index contributed by atoms with van der Waals surface area (Å²) in [5, 5.41) is 11.5. The Hall–Kier alpha value is -2.45. The summed E-state index contributed by atoms with van der Waals surface area (Å²) >= 11 is 8.72. The van der Waals surface area contributed by atoms with E-state index in [1.807, 2.05) is 42.5 Å². The number of methoxy groups -OCH3 is 1. The maximum atomic E-state index is 6.07. The van der Waals surface area contributed by atoms with Gasteiger partial charge in [-0.05, 0) is 48.5 Å². The lowest BCUT2D eigenvalue weighted by Gasteiger charge is -2.13. The second-order valence-corrected chi connectivity index (χ2v) is 7.35. The van der Waals surface area contributed by atoms with Gasteiger partial charge >= 0.3 is 0 Å². The minimum Gasteiger partial charge on any atom is -0.493 e. The molecule has 0 spiro atoms. The van der Waals surface area contributed by atoms with Crippen molar-refractivity contribution in [1.82, 2.24) is 14.9 Å². The van der Waals surface area contributed by atoms with Crippen LogP contribution in [0.15, 0.2) is 52.0 Å². The zero-order valence-corrected chi connectivity index (χ0v) is 18.1. The van der Waals surface area contributed by atoms with E-state index in [1.54, 1.807) is 18.0 Å². The lowest BCUT2D eigenvalue weighted by Crippen LogP contribution is -2.02. The zero-order chi connectivity index (χ0) is 19.9. The molecule has 1 aromatic heterocycles. The fourth-order valence-corrected chi connectivity index (χ4v) is 3.10. The normalized spacial score (nSPS) is 11.1. The topological polar surface area (TPSA) is 64.4 Å². The minimum atomic E-state index is 0.417. The van der Waals surface area contributed by atoms with Gasteiger partial charge in [-0.2, -0.15) is 14.9 Å². The molecule has 0 saturated carbocycles. The highest BCUT2D eigenvalue weighted by Crippen LogP contribution is 2.31. The molecule has 0 unspecified atom stereocenters. The molecule has 0 fully saturated rings. The van der Waals surface area contributed by atoms with Gasteiger partial charge in [-0.25, -0.2) is 0 Å². The van der Waals surface area contributed by atoms with Crippen LogP contribution in [-0.2, 0) is 13.0 Å². The molecule has 1 heterocycles. The maximum absolute atomic E-state index is 6.07. The van der Waals surface area contributed by atoms with E-state index in [0.717, 1.165) is 34.3 Å². The van der Waals surface area contributed by atoms with Gasteiger partial charge in [0, 0.05) is 16.5 Å². The predicted molar refractivity (Wildman–Crippen MR) is 116 cm³/mol. The van der Waals surface area contributed by atoms with Gasteiger partial charge in [-0.1, -0.05) is 41.1 Å². The fraction of sp³-hybridized carbons (Fsp3) is 0.250. The average molecular weight is 461 g/mol. The Morgan fingerprint density at radius 2 is 2.04 bits per heavy atom. The van der Waals surface area contributed by atoms with Gasteiger partial charge in [0.25, 0.3) is 0 Å². The van der Waals surface area contributed by atoms with Gasteiger partial charge < -0.3 is 9.47 Å². The Bertz CT molecular complexity index is 1010. The number of halogens is 1. The van der Waals surface area contributed by atoms with E-state index >= 15 is 0 Å². The average Bonchev–Trinajstić information content (AvgIpc) is 3.05. The van der Waals surface area contributed by atoms with Crippen molar-refractivity contribution in [2.45, 2.75) is 26.4 Å². The number of aryl methyl sites for hydroxylation is 1. The number of ether oxygens (including phenoxy) is 2. The third kappa shape index (κ3) is 4.88. The highest BCUT2D eigenvalue weighted by molar-refractivity contribution is 9.10. The van der Waals surface area contributed by atoms with Gasteiger partial charge in [0.05, 0.1) is 13.3 Å². The SMILES string of the molecule is CCCc1n[nH]c(=S)n1/N=C/c1cccc(OC)c1OCc1ccc(Br)cc1. The van der Waals surface area contributed by atoms with Crippen LogP contribution in [0, 0.1) is 4.77 Å². The molecule has 28 heavy (non-hydrogen) atoms. The van der Waals surface area contributed by atoms with Crippen molar-refractivity contribution in [2.75, 3.05) is 7.11 Å². The molecule has 0 bridgehead atoms. The van der Waals surface area contributed by atoms with Crippen molar-refractivity contribution in [3.8, 4) is 11.5 Å². The second kappa shape index (κ2) is 9.66. The predicted octanol–water partition coefficient (Wildman–Crippen LogP) is 5.13. The van der Waals surface area contributed by atoms with Crippen LogP contribution in [0.1, 0.15) is 30.3 Å². The first-order chi connectivity index (χ1) is 13.6. The van der Waals surface area contributed by atoms with E-state index in [-0.39, 0.29) is 0 Å². The van der Waals surface area contributed by atoms with Gasteiger partial charge in [-0.3, -0.25) is 5.10 Å². The van der Waals surface area contributed by atoms with E-state index in [0.29, 0.717) is 22.9 Å². The number of hydrogen-bond acceptors (Lipinski definition) is 5. The largest absolute Gasteiger partial charge is 0.493 e. The van der Waals surface area contributed by atoms with Crippen molar-refractivity contribution in [3.63, 3.8) is 0 Å². The first-order valence-electron chi connectivity index (χ1n) is 8.87. The monoisotopic (exact) mass is 460 g/mol. The molecule has 0 atom stereocenters. The number of para-hydroxylation sites is 1. The van der Waals surface area contributed by atoms with E-state index in [4.69, 9.17) is 21.7 Å². The molecule has 8 heteroatoms. The molecule has 3 aromatic rings. The summed E-state index contributed by atoms with van der Waals surface area (Å²) in [4.78, 5) is 0. The molecule has 1 N–H and O–H groups in total. The summed E-state index contributed by atoms with van der Waals surface area (Å²) in [6.07, 6.45) is 3.45. The summed E-state index contributed by atoms with van der Waals surface area (Å²) in [6, 6.07) is 13.7. The first kappa shape index (κ1) is 20.3. The van der Waals surface area contributed by atoms with E-state index in [2.05, 4.69) is 38.2 Å². The maximum Gasteiger partial charge on any atom is 0.216 e. The molecular weight excluding hydrogens is 440 g/mol. The Kier molecular flexibility index (Phi) is 7.00. The van der Waals surface area contributed by atoms with Crippen molar-refractivity contribution in [3.05, 3.63) is 68.7 Å². The number of nitrogens with zero attached hydrogens (tertiary/aromatic N) is 3. The van der Waals surface area contributed by atoms with Crippen LogP contribution in [0.25, 0.3) is 0 Å². The molecule has 3 rings (SSSR count). The van der Waals surface area contributed by atoms with Crippen LogP contribution < -0.4 is 9.47 Å². The zero-order valence-electron chi connectivity index (χ0n) is 15.7. The van der Waals surface area contributed by atoms with Crippen LogP contribution >= 0.6 is 28.1 Å². The molecule has 146 valence electrons. The van der Waals surface area contributed by atoms with E-state index in [9.17, 15) is 0 Å². The number of benzene rings is 2. The van der Waals surface area contributed by atoms with Crippen molar-refractivity contribution in [1.29, 1.82) is 0 Å². The molecule has 0 radical (unpaired) electrons. The minimum absolute atomic E-state index is 0.417. The Balaban J connectivity index is 1.88. The van der Waals surface area contributed by atoms with Crippen molar-refractivity contribution < 1.29 is 9.47 Å². The lowest BCUT2D eigenvalue weighted by molar-refractivity contribution is 0.284. The van der Waals surface area contributed by atoms with Gasteiger partial charge in [0.1, 0.15) is 6.61 Å². The Labute approximate surface area is 177 Å². The molecule has 0 aliphatic rings. The van der Waals surface area contributed by atoms with E-state index < -0.39 is 0 Å². The molecule has 0 amide bonds. The molecule has 2 aromatic carbocycles. The van der Waals surface area contributed by atoms with Gasteiger partial charge in [0.15, 0.2) is 17.3 Å². The summed E-state index contributed by atoms with van der Waals surface area (Å²) in [5.41, 5.74) is 1.85. The molecule has 6 nitrogen and oxygen atoms in total. The van der Waals surface area contributed by atoms with Crippen LogP contribution in [0.4, 0.5) is 0 Å². The third-order valence-electron chi connectivity index (χ3n) is 4.03. The fourth-order valence-electron chi connectivity index (χ4n) is 2.63. The van der Waals surface area contributed by atoms with Crippen molar-refractivity contribution in [2.24, 2.45) is 5.10 Å². The summed E-state index contributed by atoms with van der Waals surface area (Å²) < 4.78 is 14.7. The van der Waals surface area contributed by atoms with Crippen LogP contribution in [0.3, 0.4) is 0 Å². The highest BCUT2D eigenvalue weighted by atomic mass is 79.9. The highest BCUT2D eigenvalue weighted by Gasteiger charge is 2.11. The number of aromatic nitrogens is 3. The Morgan fingerprint density at radius 3 is 2.75 bits per heavy atom. The molecule has 0 saturated heterocycles. The van der Waals surface area contributed by atoms with Crippen LogP contribution in [0.2, 0.25) is 0 Å². The third-order valence-corrected chi connectivity index (χ3v) is 4.82. The van der Waals surface area contributed by atoms with E-state index in [1.165, 1.54) is 0 Å². The summed E-state index contributed by atoms with van der Waals surface area (Å²) in [7, 11) is 1.62. The smallest absolute Gasteiger partial charge is 0.216 e. The number of aromatic amines is 1. The van der Waals surface area contributed by atoms with Crippen LogP contribution in [-0.4, -0.2) is 28.2 Å². The number of hydrogen-bond donors (Lipinski definition) is 1.